The van der Waals surface area contributed by atoms with Gasteiger partial charge in [-0.25, -0.2) is 0 Å². The molecular weight excluding hydrogens is 168 g/mol. The third-order valence-corrected chi connectivity index (χ3v) is 1.51. The van der Waals surface area contributed by atoms with Crippen molar-refractivity contribution in [3.63, 3.8) is 0 Å². The Morgan fingerprint density at radius 2 is 2.08 bits per heavy atom. The Hall–Kier alpha value is -2.00. The zero-order valence-corrected chi connectivity index (χ0v) is 6.83. The van der Waals surface area contributed by atoms with Crippen LogP contribution in [0.1, 0.15) is 5.56 Å². The lowest BCUT2D eigenvalue weighted by Crippen LogP contribution is -2.04. The molecule has 0 amide bonds. The molecular formula is C8H8N4O. The second kappa shape index (κ2) is 4.79. The zero-order chi connectivity index (χ0) is 9.52. The van der Waals surface area contributed by atoms with E-state index >= 15 is 0 Å². The Morgan fingerprint density at radius 3 is 2.62 bits per heavy atom. The fourth-order valence-corrected chi connectivity index (χ4v) is 0.910. The summed E-state index contributed by atoms with van der Waals surface area (Å²) in [4.78, 5) is 2.58. The van der Waals surface area contributed by atoms with Crippen LogP contribution >= 0.6 is 0 Å². The van der Waals surface area contributed by atoms with Gasteiger partial charge in [0.1, 0.15) is 0 Å². The van der Waals surface area contributed by atoms with Crippen LogP contribution in [0.3, 0.4) is 0 Å². The molecule has 0 spiro atoms. The van der Waals surface area contributed by atoms with Gasteiger partial charge in [-0.2, -0.15) is 0 Å². The summed E-state index contributed by atoms with van der Waals surface area (Å²) in [6.07, 6.45) is 0. The number of hydrogen-bond acceptors (Lipinski definition) is 3. The van der Waals surface area contributed by atoms with Crippen LogP contribution in [0.5, 0.6) is 0 Å². The molecule has 66 valence electrons. The van der Waals surface area contributed by atoms with E-state index in [1.165, 1.54) is 0 Å². The molecule has 0 saturated carbocycles. The van der Waals surface area contributed by atoms with Crippen molar-refractivity contribution in [3.8, 4) is 0 Å². The third kappa shape index (κ3) is 2.50. The van der Waals surface area contributed by atoms with Gasteiger partial charge in [0, 0.05) is 4.91 Å². The molecule has 0 saturated heterocycles. The van der Waals surface area contributed by atoms with Gasteiger partial charge in [-0.15, -0.1) is 0 Å². The van der Waals surface area contributed by atoms with Crippen molar-refractivity contribution >= 4 is 5.71 Å². The van der Waals surface area contributed by atoms with E-state index in [2.05, 4.69) is 15.2 Å². The highest BCUT2D eigenvalue weighted by Crippen LogP contribution is 2.01. The van der Waals surface area contributed by atoms with E-state index in [4.69, 9.17) is 10.7 Å². The number of benzene rings is 1. The summed E-state index contributed by atoms with van der Waals surface area (Å²) in [5.74, 6) is 0. The standard InChI is InChI=1S/C8H8N4O/c9-12-10-6-8(11-13)7-4-2-1-3-5-7/h1-5,13H,6H2/b11-8-. The summed E-state index contributed by atoms with van der Waals surface area (Å²) < 4.78 is 0. The van der Waals surface area contributed by atoms with Crippen molar-refractivity contribution in [3.05, 3.63) is 46.3 Å². The van der Waals surface area contributed by atoms with Crippen LogP contribution in [0.25, 0.3) is 10.4 Å². The van der Waals surface area contributed by atoms with Crippen molar-refractivity contribution in [1.29, 1.82) is 0 Å². The van der Waals surface area contributed by atoms with E-state index in [9.17, 15) is 0 Å². The Morgan fingerprint density at radius 1 is 1.38 bits per heavy atom. The van der Waals surface area contributed by atoms with E-state index < -0.39 is 0 Å². The van der Waals surface area contributed by atoms with E-state index in [-0.39, 0.29) is 6.54 Å². The molecule has 0 bridgehead atoms. The molecule has 0 aliphatic carbocycles. The first-order valence-electron chi connectivity index (χ1n) is 3.65. The Labute approximate surface area is 74.9 Å². The van der Waals surface area contributed by atoms with Crippen LogP contribution in [-0.4, -0.2) is 17.5 Å². The van der Waals surface area contributed by atoms with Gasteiger partial charge in [0.25, 0.3) is 0 Å². The van der Waals surface area contributed by atoms with Crippen LogP contribution in [0, 0.1) is 0 Å². The second-order valence-corrected chi connectivity index (χ2v) is 2.30. The predicted octanol–water partition coefficient (Wildman–Crippen LogP) is 2.18. The fraction of sp³-hybridized carbons (Fsp3) is 0.125. The molecule has 0 aliphatic rings. The Bertz CT molecular complexity index is 340. The van der Waals surface area contributed by atoms with E-state index in [1.807, 2.05) is 18.2 Å². The van der Waals surface area contributed by atoms with Crippen molar-refractivity contribution in [2.75, 3.05) is 6.54 Å². The van der Waals surface area contributed by atoms with E-state index in [1.54, 1.807) is 12.1 Å². The third-order valence-electron chi connectivity index (χ3n) is 1.51. The number of nitrogens with zero attached hydrogens (tertiary/aromatic N) is 4. The lowest BCUT2D eigenvalue weighted by molar-refractivity contribution is 0.318. The topological polar surface area (TPSA) is 81.4 Å². The van der Waals surface area contributed by atoms with Crippen LogP contribution in [0.2, 0.25) is 0 Å². The maximum absolute atomic E-state index is 8.61. The zero-order valence-electron chi connectivity index (χ0n) is 6.83. The molecule has 0 atom stereocenters. The average molecular weight is 176 g/mol. The lowest BCUT2D eigenvalue weighted by atomic mass is 10.1. The van der Waals surface area contributed by atoms with Crippen molar-refractivity contribution in [2.45, 2.75) is 0 Å². The fourth-order valence-electron chi connectivity index (χ4n) is 0.910. The lowest BCUT2D eigenvalue weighted by Gasteiger charge is -1.98. The molecule has 13 heavy (non-hydrogen) atoms. The first-order valence-corrected chi connectivity index (χ1v) is 3.65. The number of rotatable bonds is 3. The highest BCUT2D eigenvalue weighted by molar-refractivity contribution is 6.01. The minimum absolute atomic E-state index is 0.0526. The molecule has 0 unspecified atom stereocenters. The molecule has 0 radical (unpaired) electrons. The molecule has 0 fully saturated rings. The Balaban J connectivity index is 2.86. The van der Waals surface area contributed by atoms with Crippen LogP contribution in [0.4, 0.5) is 0 Å². The van der Waals surface area contributed by atoms with E-state index in [0.29, 0.717) is 5.71 Å². The Kier molecular flexibility index (Phi) is 3.35. The molecule has 1 aromatic carbocycles. The predicted molar refractivity (Wildman–Crippen MR) is 48.8 cm³/mol. The normalized spacial score (nSPS) is 10.6. The van der Waals surface area contributed by atoms with Crippen LogP contribution in [0.15, 0.2) is 40.6 Å². The summed E-state index contributed by atoms with van der Waals surface area (Å²) in [5, 5.41) is 15.0. The maximum Gasteiger partial charge on any atom is 0.0925 e. The van der Waals surface area contributed by atoms with Gasteiger partial charge in [0.05, 0.1) is 12.3 Å². The van der Waals surface area contributed by atoms with Gasteiger partial charge in [0.15, 0.2) is 0 Å². The van der Waals surface area contributed by atoms with Gasteiger partial charge in [-0.05, 0) is 11.1 Å². The van der Waals surface area contributed by atoms with Gasteiger partial charge < -0.3 is 5.21 Å². The van der Waals surface area contributed by atoms with Gasteiger partial charge >= 0.3 is 0 Å². The van der Waals surface area contributed by atoms with E-state index in [0.717, 1.165) is 5.56 Å². The second-order valence-electron chi connectivity index (χ2n) is 2.30. The summed E-state index contributed by atoms with van der Waals surface area (Å²) in [5.41, 5.74) is 9.19. The minimum Gasteiger partial charge on any atom is -0.411 e. The molecule has 5 heteroatoms. The SMILES string of the molecule is [N-]=[N+]=NC/C(=N/O)c1ccccc1. The summed E-state index contributed by atoms with van der Waals surface area (Å²) >= 11 is 0. The first kappa shape index (κ1) is 9.09. The largest absolute Gasteiger partial charge is 0.411 e. The quantitative estimate of drug-likeness (QED) is 0.188. The van der Waals surface area contributed by atoms with Gasteiger partial charge in [-0.3, -0.25) is 0 Å². The highest BCUT2D eigenvalue weighted by Gasteiger charge is 2.00. The summed E-state index contributed by atoms with van der Waals surface area (Å²) in [6, 6.07) is 9.04. The van der Waals surface area contributed by atoms with Crippen LogP contribution in [-0.2, 0) is 0 Å². The summed E-state index contributed by atoms with van der Waals surface area (Å²) in [7, 11) is 0. The minimum atomic E-state index is 0.0526. The first-order chi connectivity index (χ1) is 6.38. The maximum atomic E-state index is 8.61. The molecule has 0 aliphatic heterocycles. The number of oxime groups is 1. The van der Waals surface area contributed by atoms with Crippen molar-refractivity contribution in [2.24, 2.45) is 10.3 Å². The number of hydrogen-bond donors (Lipinski definition) is 1. The molecule has 1 rings (SSSR count). The molecule has 0 aromatic heterocycles. The average Bonchev–Trinajstić information content (AvgIpc) is 2.21. The van der Waals surface area contributed by atoms with Gasteiger partial charge in [0.2, 0.25) is 0 Å². The number of azide groups is 1. The van der Waals surface area contributed by atoms with Gasteiger partial charge in [-0.1, -0.05) is 40.6 Å². The molecule has 1 N–H and O–H groups in total. The monoisotopic (exact) mass is 176 g/mol. The highest BCUT2D eigenvalue weighted by atomic mass is 16.4. The van der Waals surface area contributed by atoms with Crippen molar-refractivity contribution < 1.29 is 5.21 Å². The summed E-state index contributed by atoms with van der Waals surface area (Å²) in [6.45, 7) is 0.0526. The van der Waals surface area contributed by atoms with Crippen molar-refractivity contribution in [1.82, 2.24) is 0 Å². The molecule has 0 heterocycles. The smallest absolute Gasteiger partial charge is 0.0925 e. The van der Waals surface area contributed by atoms with Crippen LogP contribution < -0.4 is 0 Å². The molecule has 5 nitrogen and oxygen atoms in total. The molecule has 1 aromatic rings.